The number of hydrogen-bond donors (Lipinski definition) is 1. The molecule has 0 spiro atoms. The smallest absolute Gasteiger partial charge is 0.0731 e. The second-order valence-corrected chi connectivity index (χ2v) is 6.31. The van der Waals surface area contributed by atoms with Gasteiger partial charge in [-0.15, -0.1) is 0 Å². The van der Waals surface area contributed by atoms with Crippen molar-refractivity contribution in [1.29, 1.82) is 0 Å². The summed E-state index contributed by atoms with van der Waals surface area (Å²) in [5, 5.41) is 0.831. The lowest BCUT2D eigenvalue weighted by atomic mass is 9.99. The number of ether oxygens (including phenoxy) is 1. The molecular weight excluding hydrogens is 272 g/mol. The molecule has 1 aliphatic heterocycles. The van der Waals surface area contributed by atoms with Gasteiger partial charge in [0.25, 0.3) is 0 Å². The number of nitrogens with zero attached hydrogens (tertiary/aromatic N) is 1. The van der Waals surface area contributed by atoms with Gasteiger partial charge in [0, 0.05) is 30.2 Å². The maximum atomic E-state index is 6.28. The fraction of sp³-hybridized carbons (Fsp3) is 0.625. The highest BCUT2D eigenvalue weighted by Crippen LogP contribution is 2.35. The van der Waals surface area contributed by atoms with Crippen LogP contribution in [-0.4, -0.2) is 36.7 Å². The van der Waals surface area contributed by atoms with Gasteiger partial charge in [-0.3, -0.25) is 4.90 Å². The van der Waals surface area contributed by atoms with Crippen LogP contribution in [0, 0.1) is 6.92 Å². The maximum absolute atomic E-state index is 6.28. The van der Waals surface area contributed by atoms with E-state index >= 15 is 0 Å². The molecule has 1 aromatic rings. The van der Waals surface area contributed by atoms with Gasteiger partial charge in [0.05, 0.1) is 12.7 Å². The Morgan fingerprint density at radius 2 is 2.30 bits per heavy atom. The minimum atomic E-state index is 0.252. The number of rotatable bonds is 3. The molecule has 1 heterocycles. The number of halogens is 1. The Balaban J connectivity index is 1.86. The van der Waals surface area contributed by atoms with Crippen LogP contribution in [-0.2, 0) is 4.74 Å². The van der Waals surface area contributed by atoms with E-state index in [2.05, 4.69) is 23.1 Å². The van der Waals surface area contributed by atoms with Gasteiger partial charge >= 0.3 is 0 Å². The Bertz CT molecular complexity index is 480. The van der Waals surface area contributed by atoms with Crippen molar-refractivity contribution in [3.8, 4) is 0 Å². The number of benzene rings is 1. The lowest BCUT2D eigenvalue weighted by molar-refractivity contribution is -0.0711. The summed E-state index contributed by atoms with van der Waals surface area (Å²) in [6.45, 7) is 4.44. The van der Waals surface area contributed by atoms with Crippen molar-refractivity contribution in [3.63, 3.8) is 0 Å². The number of morpholine rings is 1. The molecule has 3 atom stereocenters. The highest BCUT2D eigenvalue weighted by atomic mass is 35.5. The molecule has 4 heteroatoms. The molecule has 3 nitrogen and oxygen atoms in total. The first-order chi connectivity index (χ1) is 9.70. The summed E-state index contributed by atoms with van der Waals surface area (Å²) in [5.74, 6) is 0. The molecule has 2 aliphatic rings. The lowest BCUT2D eigenvalue weighted by Crippen LogP contribution is -2.51. The quantitative estimate of drug-likeness (QED) is 0.931. The van der Waals surface area contributed by atoms with Gasteiger partial charge in [-0.1, -0.05) is 23.7 Å². The third kappa shape index (κ3) is 2.60. The third-order valence-electron chi connectivity index (χ3n) is 4.73. The Kier molecular flexibility index (Phi) is 4.32. The van der Waals surface area contributed by atoms with Crippen LogP contribution in [0.25, 0.3) is 0 Å². The van der Waals surface area contributed by atoms with Crippen LogP contribution in [0.2, 0.25) is 5.02 Å². The van der Waals surface area contributed by atoms with Crippen molar-refractivity contribution in [2.45, 2.75) is 44.4 Å². The molecule has 0 radical (unpaired) electrons. The van der Waals surface area contributed by atoms with Gasteiger partial charge < -0.3 is 10.5 Å². The van der Waals surface area contributed by atoms with Crippen LogP contribution in [0.1, 0.15) is 36.4 Å². The molecule has 20 heavy (non-hydrogen) atoms. The van der Waals surface area contributed by atoms with Crippen LogP contribution in [0.4, 0.5) is 0 Å². The van der Waals surface area contributed by atoms with Gasteiger partial charge in [0.15, 0.2) is 0 Å². The summed E-state index contributed by atoms with van der Waals surface area (Å²) in [7, 11) is 0. The van der Waals surface area contributed by atoms with Crippen molar-refractivity contribution in [2.75, 3.05) is 19.7 Å². The van der Waals surface area contributed by atoms with Crippen LogP contribution >= 0.6 is 11.6 Å². The van der Waals surface area contributed by atoms with Gasteiger partial charge in [-0.25, -0.2) is 0 Å². The van der Waals surface area contributed by atoms with Gasteiger partial charge in [0.2, 0.25) is 0 Å². The third-order valence-corrected chi connectivity index (χ3v) is 5.14. The molecule has 2 N–H and O–H groups in total. The van der Waals surface area contributed by atoms with Crippen molar-refractivity contribution < 1.29 is 4.74 Å². The highest BCUT2D eigenvalue weighted by molar-refractivity contribution is 6.31. The summed E-state index contributed by atoms with van der Waals surface area (Å²) in [6.07, 6.45) is 4.07. The van der Waals surface area contributed by atoms with E-state index in [1.165, 1.54) is 24.8 Å². The molecule has 1 aromatic carbocycles. The predicted octanol–water partition coefficient (Wildman–Crippen LogP) is 2.90. The average Bonchev–Trinajstić information content (AvgIpc) is 2.93. The fourth-order valence-electron chi connectivity index (χ4n) is 3.62. The first-order valence-corrected chi connectivity index (χ1v) is 7.92. The minimum Gasteiger partial charge on any atom is -0.375 e. The molecule has 110 valence electrons. The Hall–Kier alpha value is -0.610. The van der Waals surface area contributed by atoms with Crippen LogP contribution in [0.5, 0.6) is 0 Å². The molecule has 0 aromatic heterocycles. The highest BCUT2D eigenvalue weighted by Gasteiger charge is 2.39. The van der Waals surface area contributed by atoms with Crippen molar-refractivity contribution >= 4 is 11.6 Å². The van der Waals surface area contributed by atoms with Gasteiger partial charge in [-0.05, 0) is 43.4 Å². The zero-order valence-electron chi connectivity index (χ0n) is 12.0. The second-order valence-electron chi connectivity index (χ2n) is 5.91. The SMILES string of the molecule is Cc1ccc(C(CN)N2CCOC3CCCC32)cc1Cl. The molecule has 2 fully saturated rings. The zero-order valence-corrected chi connectivity index (χ0v) is 12.8. The fourth-order valence-corrected chi connectivity index (χ4v) is 3.81. The standard InChI is InChI=1S/C16H23ClN2O/c1-11-5-6-12(9-13(11)17)15(10-18)19-7-8-20-16-4-2-3-14(16)19/h5-6,9,14-16H,2-4,7-8,10,18H2,1H3. The Morgan fingerprint density at radius 1 is 1.45 bits per heavy atom. The number of aryl methyl sites for hydroxylation is 1. The van der Waals surface area contributed by atoms with Crippen LogP contribution < -0.4 is 5.73 Å². The maximum Gasteiger partial charge on any atom is 0.0731 e. The van der Waals surface area contributed by atoms with Crippen molar-refractivity contribution in [3.05, 3.63) is 34.3 Å². The van der Waals surface area contributed by atoms with E-state index < -0.39 is 0 Å². The van der Waals surface area contributed by atoms with Crippen LogP contribution in [0.15, 0.2) is 18.2 Å². The normalized spacial score (nSPS) is 28.4. The van der Waals surface area contributed by atoms with E-state index in [4.69, 9.17) is 22.1 Å². The molecule has 1 saturated carbocycles. The second kappa shape index (κ2) is 6.02. The van der Waals surface area contributed by atoms with Crippen molar-refractivity contribution in [1.82, 2.24) is 4.90 Å². The lowest BCUT2D eigenvalue weighted by Gasteiger charge is -2.42. The largest absolute Gasteiger partial charge is 0.375 e. The average molecular weight is 295 g/mol. The topological polar surface area (TPSA) is 38.5 Å². The van der Waals surface area contributed by atoms with E-state index in [1.807, 2.05) is 6.92 Å². The summed E-state index contributed by atoms with van der Waals surface area (Å²) >= 11 is 6.28. The molecule has 3 rings (SSSR count). The van der Waals surface area contributed by atoms with Gasteiger partial charge in [-0.2, -0.15) is 0 Å². The summed E-state index contributed by atoms with van der Waals surface area (Å²) in [4.78, 5) is 2.54. The van der Waals surface area contributed by atoms with E-state index in [0.717, 1.165) is 23.7 Å². The predicted molar refractivity (Wildman–Crippen MR) is 82.1 cm³/mol. The summed E-state index contributed by atoms with van der Waals surface area (Å²) in [6, 6.07) is 7.11. The molecule has 1 aliphatic carbocycles. The Morgan fingerprint density at radius 3 is 3.05 bits per heavy atom. The molecule has 3 unspecified atom stereocenters. The molecule has 1 saturated heterocycles. The number of fused-ring (bicyclic) bond motifs is 1. The first-order valence-electron chi connectivity index (χ1n) is 7.54. The monoisotopic (exact) mass is 294 g/mol. The van der Waals surface area contributed by atoms with Crippen molar-refractivity contribution in [2.24, 2.45) is 5.73 Å². The zero-order chi connectivity index (χ0) is 14.1. The Labute approximate surface area is 126 Å². The summed E-state index contributed by atoms with van der Waals surface area (Å²) in [5.41, 5.74) is 8.43. The van der Waals surface area contributed by atoms with E-state index in [1.54, 1.807) is 0 Å². The van der Waals surface area contributed by atoms with E-state index in [-0.39, 0.29) is 6.04 Å². The molecular formula is C16H23ClN2O. The number of nitrogens with two attached hydrogens (primary N) is 1. The van der Waals surface area contributed by atoms with E-state index in [0.29, 0.717) is 18.7 Å². The number of hydrogen-bond acceptors (Lipinski definition) is 3. The first kappa shape index (κ1) is 14.3. The molecule has 0 amide bonds. The minimum absolute atomic E-state index is 0.252. The molecule has 0 bridgehead atoms. The van der Waals surface area contributed by atoms with E-state index in [9.17, 15) is 0 Å². The summed E-state index contributed by atoms with van der Waals surface area (Å²) < 4.78 is 5.90. The van der Waals surface area contributed by atoms with Gasteiger partial charge in [0.1, 0.15) is 0 Å². The van der Waals surface area contributed by atoms with Crippen LogP contribution in [0.3, 0.4) is 0 Å².